The molecule has 8 atom stereocenters. The average molecular weight is 1270 g/mol. The van der Waals surface area contributed by atoms with E-state index in [4.69, 9.17) is 59.0 Å². The summed E-state index contributed by atoms with van der Waals surface area (Å²) in [5.74, 6) is -2.52. The fraction of sp³-hybridized carbons (Fsp3) is 0.613. The minimum absolute atomic E-state index is 0.0497. The predicted octanol–water partition coefficient (Wildman–Crippen LogP) is 3.19. The average Bonchev–Trinajstić information content (AvgIpc) is 1.62. The van der Waals surface area contributed by atoms with Crippen molar-refractivity contribution in [3.05, 3.63) is 82.5 Å². The summed E-state index contributed by atoms with van der Waals surface area (Å²) in [4.78, 5) is 81.9. The van der Waals surface area contributed by atoms with Crippen LogP contribution in [-0.4, -0.2) is 230 Å². The van der Waals surface area contributed by atoms with Crippen LogP contribution in [0.1, 0.15) is 64.6 Å². The van der Waals surface area contributed by atoms with Crippen LogP contribution in [0.15, 0.2) is 66.3 Å². The number of allylic oxidation sites excluding steroid dienone is 3. The maximum atomic E-state index is 14.3. The van der Waals surface area contributed by atoms with Crippen molar-refractivity contribution < 1.29 is 86.3 Å². The number of methoxy groups -OCH3 is 1. The minimum Gasteiger partial charge on any atom is -0.495 e. The number of anilines is 1. The number of amides is 5. The number of aliphatic hydroxyl groups excluding tert-OH is 1. The first kappa shape index (κ1) is 71.8. The third kappa shape index (κ3) is 21.4. The number of likely N-dealkylation sites (N-methyl/N-ethyl adjacent to an activating group) is 1. The molecule has 27 heteroatoms. The second-order valence-electron chi connectivity index (χ2n) is 22.4. The van der Waals surface area contributed by atoms with Crippen LogP contribution in [0, 0.1) is 5.92 Å². The number of aliphatic hydroxyl groups is 2. The zero-order valence-corrected chi connectivity index (χ0v) is 53.4. The number of aromatic nitrogens is 1. The van der Waals surface area contributed by atoms with E-state index >= 15 is 0 Å². The number of rotatable bonds is 33. The molecule has 4 bridgehead atoms. The molecule has 0 spiro atoms. The SMILES string of the molecule is CNN(C)Cc1cc2ccccc2n1CCC(=O)NCC(=O)NCCOCCOCCOCCOCCOCCOCCC(=O)N(C)[C@@H](C)C(=O)O[C@H]1CC(=O)N(C)c2cc(cc(OC)c2Cl)C/C(C)=C/C=C/[C@@H](O)[C@@]2(O)C[C@H](OC(=O)N2)[C@@H](C)C2O[C@]21C. The van der Waals surface area contributed by atoms with Crippen molar-refractivity contribution in [2.24, 2.45) is 5.92 Å². The first-order valence-electron chi connectivity index (χ1n) is 30.0. The molecule has 0 aliphatic carbocycles. The number of fused-ring (bicyclic) bond motifs is 6. The Balaban J connectivity index is 0.807. The molecule has 1 unspecified atom stereocenters. The van der Waals surface area contributed by atoms with E-state index in [1.165, 1.54) is 37.0 Å². The molecule has 494 valence electrons. The van der Waals surface area contributed by atoms with E-state index in [0.29, 0.717) is 97.0 Å². The Hall–Kier alpha value is -6.27. The van der Waals surface area contributed by atoms with E-state index in [1.54, 1.807) is 45.2 Å². The van der Waals surface area contributed by atoms with Crippen molar-refractivity contribution in [2.45, 2.75) is 115 Å². The summed E-state index contributed by atoms with van der Waals surface area (Å²) in [5.41, 5.74) is 3.75. The van der Waals surface area contributed by atoms with Gasteiger partial charge in [0.25, 0.3) is 0 Å². The highest BCUT2D eigenvalue weighted by atomic mass is 35.5. The van der Waals surface area contributed by atoms with Gasteiger partial charge in [-0.2, -0.15) is 0 Å². The first-order chi connectivity index (χ1) is 42.6. The molecule has 89 heavy (non-hydrogen) atoms. The van der Waals surface area contributed by atoms with Crippen molar-refractivity contribution in [1.82, 2.24) is 35.9 Å². The van der Waals surface area contributed by atoms with Gasteiger partial charge in [0.05, 0.1) is 124 Å². The molecule has 0 saturated carbocycles. The van der Waals surface area contributed by atoms with E-state index in [9.17, 15) is 39.0 Å². The number of alkyl carbamates (subject to hydrolysis) is 1. The van der Waals surface area contributed by atoms with E-state index in [-0.39, 0.29) is 68.9 Å². The van der Waals surface area contributed by atoms with Gasteiger partial charge in [0, 0.05) is 64.2 Å². The zero-order valence-electron chi connectivity index (χ0n) is 52.7. The smallest absolute Gasteiger partial charge is 0.409 e. The van der Waals surface area contributed by atoms with Gasteiger partial charge >= 0.3 is 12.1 Å². The monoisotopic (exact) mass is 1270 g/mol. The molecule has 6 N–H and O–H groups in total. The normalized spacial score (nSPS) is 23.4. The van der Waals surface area contributed by atoms with Crippen LogP contribution in [-0.2, 0) is 86.1 Å². The zero-order chi connectivity index (χ0) is 64.7. The number of hydrogen-bond acceptors (Lipinski definition) is 20. The van der Waals surface area contributed by atoms with Crippen LogP contribution in [0.25, 0.3) is 10.9 Å². The van der Waals surface area contributed by atoms with Crippen molar-refractivity contribution in [2.75, 3.05) is 133 Å². The van der Waals surface area contributed by atoms with Crippen LogP contribution in [0.3, 0.4) is 0 Å². The second-order valence-corrected chi connectivity index (χ2v) is 22.8. The maximum Gasteiger partial charge on any atom is 0.409 e. The van der Waals surface area contributed by atoms with Gasteiger partial charge < -0.3 is 82.6 Å². The second kappa shape index (κ2) is 35.4. The Morgan fingerprint density at radius 2 is 1.52 bits per heavy atom. The third-order valence-corrected chi connectivity index (χ3v) is 16.3. The molecule has 4 heterocycles. The standard InChI is InChI=1S/C62H91ClN8O18/c1-41-13-12-16-51(72)62(79)38-50(87-60(78)67-62)42(2)58-61(4,89-58)52(37-56(76)70(8)48-34-44(33-41)35-49(80-9)57(48)63)88-59(77)43(3)69(7)55(75)18-21-81-23-25-83-27-29-85-31-32-86-30-28-84-26-24-82-22-19-65-54(74)39-66-53(73)17-20-71-46(40-68(6)64-5)36-45-14-10-11-15-47(45)71/h10-16,34-36,42-43,50-52,58,64,72,79H,17-33,37-40H2,1-9H3,(H,65,74)(H,66,73)(H,67,78)/b16-12+,41-13+/t42-,43+,50+,51-,52+,58?,61+,62+/m1/s1. The van der Waals surface area contributed by atoms with E-state index in [2.05, 4.69) is 32.0 Å². The number of carbonyl (C=O) groups excluding carboxylic acids is 6. The molecule has 2 aromatic carbocycles. The van der Waals surface area contributed by atoms with Gasteiger partial charge in [-0.3, -0.25) is 29.9 Å². The fourth-order valence-electron chi connectivity index (χ4n) is 10.3. The van der Waals surface area contributed by atoms with Crippen molar-refractivity contribution in [1.29, 1.82) is 0 Å². The summed E-state index contributed by atoms with van der Waals surface area (Å²) >= 11 is 6.79. The number of nitrogens with zero attached hydrogens (tertiary/aromatic N) is 4. The van der Waals surface area contributed by atoms with Crippen LogP contribution >= 0.6 is 11.6 Å². The number of esters is 1. The van der Waals surface area contributed by atoms with Crippen LogP contribution < -0.4 is 31.0 Å². The number of carbonyl (C=O) groups is 6. The summed E-state index contributed by atoms with van der Waals surface area (Å²) in [6, 6.07) is 12.6. The van der Waals surface area contributed by atoms with E-state index < -0.39 is 71.6 Å². The van der Waals surface area contributed by atoms with Gasteiger partial charge in [-0.15, -0.1) is 0 Å². The van der Waals surface area contributed by atoms with Crippen LogP contribution in [0.5, 0.6) is 5.75 Å². The molecule has 3 aromatic rings. The molecule has 26 nitrogen and oxygen atoms in total. The Kier molecular flexibility index (Phi) is 28.5. The number of epoxide rings is 1. The maximum absolute atomic E-state index is 14.3. The van der Waals surface area contributed by atoms with Gasteiger partial charge in [0.15, 0.2) is 5.72 Å². The number of halogens is 1. The largest absolute Gasteiger partial charge is 0.495 e. The molecule has 1 aromatic heterocycles. The lowest BCUT2D eigenvalue weighted by atomic mass is 9.83. The number of benzene rings is 2. The number of hydrogen-bond donors (Lipinski definition) is 6. The Labute approximate surface area is 525 Å². The summed E-state index contributed by atoms with van der Waals surface area (Å²) in [6.45, 7) is 11.7. The molecule has 3 aliphatic rings. The van der Waals surface area contributed by atoms with Gasteiger partial charge in [-0.25, -0.2) is 14.6 Å². The van der Waals surface area contributed by atoms with Gasteiger partial charge in [-0.1, -0.05) is 60.5 Å². The number of aryl methyl sites for hydroxylation is 1. The lowest BCUT2D eigenvalue weighted by Gasteiger charge is -2.41. The highest BCUT2D eigenvalue weighted by Gasteiger charge is 2.64. The van der Waals surface area contributed by atoms with Gasteiger partial charge in [-0.05, 0) is 69.5 Å². The topological polar surface area (TPSA) is 301 Å². The van der Waals surface area contributed by atoms with E-state index in [0.717, 1.165) is 27.7 Å². The number of ether oxygens (including phenoxy) is 10. The molecule has 2 fully saturated rings. The molecule has 5 amide bonds. The van der Waals surface area contributed by atoms with Crippen LogP contribution in [0.2, 0.25) is 5.02 Å². The molecular weight excluding hydrogens is 1180 g/mol. The van der Waals surface area contributed by atoms with Crippen molar-refractivity contribution in [3.63, 3.8) is 0 Å². The summed E-state index contributed by atoms with van der Waals surface area (Å²) in [7, 11) is 8.27. The molecule has 2 saturated heterocycles. The molecule has 3 aliphatic heterocycles. The first-order valence-corrected chi connectivity index (χ1v) is 30.4. The fourth-order valence-corrected chi connectivity index (χ4v) is 10.6. The number of para-hydroxylation sites is 1. The summed E-state index contributed by atoms with van der Waals surface area (Å²) in [6.07, 6.45) is -0.779. The lowest BCUT2D eigenvalue weighted by Crippen LogP contribution is -2.63. The minimum atomic E-state index is -2.10. The highest BCUT2D eigenvalue weighted by molar-refractivity contribution is 6.35. The number of hydrazine groups is 1. The Morgan fingerprint density at radius 3 is 2.16 bits per heavy atom. The lowest BCUT2D eigenvalue weighted by molar-refractivity contribution is -0.162. The molecule has 6 rings (SSSR count). The third-order valence-electron chi connectivity index (χ3n) is 15.9. The predicted molar refractivity (Wildman–Crippen MR) is 329 cm³/mol. The molecule has 0 radical (unpaired) electrons. The number of nitrogens with one attached hydrogen (secondary N) is 4. The van der Waals surface area contributed by atoms with E-state index in [1.807, 2.05) is 50.3 Å². The highest BCUT2D eigenvalue weighted by Crippen LogP contribution is 2.49. The Morgan fingerprint density at radius 1 is 0.888 bits per heavy atom. The van der Waals surface area contributed by atoms with Gasteiger partial charge in [0.2, 0.25) is 23.6 Å². The quantitative estimate of drug-likeness (QED) is 0.0221. The summed E-state index contributed by atoms with van der Waals surface area (Å²) < 4.78 is 59.1. The van der Waals surface area contributed by atoms with Crippen molar-refractivity contribution >= 4 is 63.9 Å². The van der Waals surface area contributed by atoms with Crippen LogP contribution in [0.4, 0.5) is 10.5 Å². The summed E-state index contributed by atoms with van der Waals surface area (Å²) in [5, 5.41) is 33.7. The van der Waals surface area contributed by atoms with Crippen molar-refractivity contribution in [3.8, 4) is 5.75 Å². The Bertz CT molecular complexity index is 2890. The van der Waals surface area contributed by atoms with Gasteiger partial charge in [0.1, 0.15) is 40.7 Å². The molecular formula is C62H91ClN8O18.